The van der Waals surface area contributed by atoms with Gasteiger partial charge in [0.15, 0.2) is 0 Å². The smallest absolute Gasteiger partial charge is 0.416 e. The van der Waals surface area contributed by atoms with Crippen molar-refractivity contribution in [2.24, 2.45) is 0 Å². The molecule has 2 aromatic carbocycles. The van der Waals surface area contributed by atoms with Gasteiger partial charge in [0.25, 0.3) is 0 Å². The summed E-state index contributed by atoms with van der Waals surface area (Å²) in [6.07, 6.45) is -4.65. The van der Waals surface area contributed by atoms with Crippen molar-refractivity contribution in [3.05, 3.63) is 52.5 Å². The Labute approximate surface area is 147 Å². The van der Waals surface area contributed by atoms with E-state index in [1.807, 2.05) is 0 Å². The van der Waals surface area contributed by atoms with E-state index in [1.54, 1.807) is 18.2 Å². The van der Waals surface area contributed by atoms with Gasteiger partial charge < -0.3 is 14.8 Å². The lowest BCUT2D eigenvalue weighted by atomic mass is 10.1. The molecule has 0 saturated heterocycles. The van der Waals surface area contributed by atoms with Crippen LogP contribution in [-0.2, 0) is 17.4 Å². The standard InChI is InChI=1S/C17H15ClF3NO3/c1-24-12-4-6-15(25-2)10(7-12)8-16(23)22-14-9-11(17(19,20)21)3-5-13(14)18/h3-7,9H,8H2,1-2H3,(H,22,23). The fourth-order valence-electron chi connectivity index (χ4n) is 2.18. The molecule has 0 spiro atoms. The highest BCUT2D eigenvalue weighted by atomic mass is 35.5. The average molecular weight is 374 g/mol. The SMILES string of the molecule is COc1ccc(OC)c(CC(=O)Nc2cc(C(F)(F)F)ccc2Cl)c1. The maximum Gasteiger partial charge on any atom is 0.416 e. The van der Waals surface area contributed by atoms with E-state index in [2.05, 4.69) is 5.32 Å². The second-order valence-corrected chi connectivity index (χ2v) is 5.50. The van der Waals surface area contributed by atoms with Gasteiger partial charge in [0.2, 0.25) is 5.91 Å². The van der Waals surface area contributed by atoms with Gasteiger partial charge in [-0.25, -0.2) is 0 Å². The molecule has 25 heavy (non-hydrogen) atoms. The van der Waals surface area contributed by atoms with Crippen LogP contribution < -0.4 is 14.8 Å². The van der Waals surface area contributed by atoms with E-state index >= 15 is 0 Å². The Hall–Kier alpha value is -2.41. The van der Waals surface area contributed by atoms with Gasteiger partial charge in [-0.05, 0) is 36.4 Å². The van der Waals surface area contributed by atoms with E-state index in [9.17, 15) is 18.0 Å². The second-order valence-electron chi connectivity index (χ2n) is 5.10. The molecule has 0 aliphatic rings. The van der Waals surface area contributed by atoms with E-state index in [0.717, 1.165) is 18.2 Å². The number of halogens is 4. The minimum absolute atomic E-state index is 0.0129. The molecule has 2 rings (SSSR count). The summed E-state index contributed by atoms with van der Waals surface area (Å²) in [7, 11) is 2.93. The first-order valence-corrected chi connectivity index (χ1v) is 7.50. The molecular weight excluding hydrogens is 359 g/mol. The quantitative estimate of drug-likeness (QED) is 0.836. The summed E-state index contributed by atoms with van der Waals surface area (Å²) in [5.41, 5.74) is -0.475. The summed E-state index contributed by atoms with van der Waals surface area (Å²) < 4.78 is 48.6. The van der Waals surface area contributed by atoms with Crippen LogP contribution in [0.4, 0.5) is 18.9 Å². The molecule has 0 bridgehead atoms. The van der Waals surface area contributed by atoms with E-state index in [-0.39, 0.29) is 17.1 Å². The molecule has 8 heteroatoms. The highest BCUT2D eigenvalue weighted by molar-refractivity contribution is 6.33. The topological polar surface area (TPSA) is 47.6 Å². The molecular formula is C17H15ClF3NO3. The molecule has 1 N–H and O–H groups in total. The van der Waals surface area contributed by atoms with Crippen LogP contribution in [0.2, 0.25) is 5.02 Å². The van der Waals surface area contributed by atoms with Crippen LogP contribution in [0.25, 0.3) is 0 Å². The summed E-state index contributed by atoms with van der Waals surface area (Å²) in [5, 5.41) is 2.41. The van der Waals surface area contributed by atoms with Crippen molar-refractivity contribution in [2.75, 3.05) is 19.5 Å². The van der Waals surface area contributed by atoms with Crippen molar-refractivity contribution in [2.45, 2.75) is 12.6 Å². The molecule has 0 aromatic heterocycles. The van der Waals surface area contributed by atoms with Crippen molar-refractivity contribution in [1.82, 2.24) is 0 Å². The minimum Gasteiger partial charge on any atom is -0.497 e. The zero-order valence-corrected chi connectivity index (χ0v) is 14.2. The second kappa shape index (κ2) is 7.65. The Balaban J connectivity index is 2.21. The third-order valence-corrected chi connectivity index (χ3v) is 3.74. The van der Waals surface area contributed by atoms with Gasteiger partial charge in [-0.15, -0.1) is 0 Å². The van der Waals surface area contributed by atoms with Gasteiger partial charge in [-0.1, -0.05) is 11.6 Å². The molecule has 0 saturated carbocycles. The van der Waals surface area contributed by atoms with Gasteiger partial charge in [0.1, 0.15) is 11.5 Å². The highest BCUT2D eigenvalue weighted by Crippen LogP contribution is 2.34. The Morgan fingerprint density at radius 3 is 2.44 bits per heavy atom. The lowest BCUT2D eigenvalue weighted by Crippen LogP contribution is -2.16. The van der Waals surface area contributed by atoms with Gasteiger partial charge in [-0.2, -0.15) is 13.2 Å². The highest BCUT2D eigenvalue weighted by Gasteiger charge is 2.31. The monoisotopic (exact) mass is 373 g/mol. The van der Waals surface area contributed by atoms with E-state index in [4.69, 9.17) is 21.1 Å². The van der Waals surface area contributed by atoms with Gasteiger partial charge in [0, 0.05) is 5.56 Å². The number of anilines is 1. The van der Waals surface area contributed by atoms with Crippen LogP contribution in [0.1, 0.15) is 11.1 Å². The van der Waals surface area contributed by atoms with Crippen LogP contribution in [0.5, 0.6) is 11.5 Å². The number of benzene rings is 2. The van der Waals surface area contributed by atoms with Crippen molar-refractivity contribution in [1.29, 1.82) is 0 Å². The largest absolute Gasteiger partial charge is 0.497 e. The number of alkyl halides is 3. The summed E-state index contributed by atoms with van der Waals surface area (Å²) in [4.78, 5) is 12.2. The zero-order valence-electron chi connectivity index (χ0n) is 13.4. The number of nitrogens with one attached hydrogen (secondary N) is 1. The Kier molecular flexibility index (Phi) is 5.79. The van der Waals surface area contributed by atoms with Gasteiger partial charge in [-0.3, -0.25) is 4.79 Å². The number of hydrogen-bond acceptors (Lipinski definition) is 3. The number of methoxy groups -OCH3 is 2. The lowest BCUT2D eigenvalue weighted by Gasteiger charge is -2.13. The lowest BCUT2D eigenvalue weighted by molar-refractivity contribution is -0.137. The molecule has 2 aromatic rings. The fourth-order valence-corrected chi connectivity index (χ4v) is 2.35. The Morgan fingerprint density at radius 2 is 1.84 bits per heavy atom. The van der Waals surface area contributed by atoms with E-state index < -0.39 is 17.6 Å². The van der Waals surface area contributed by atoms with Gasteiger partial charge >= 0.3 is 6.18 Å². The first-order chi connectivity index (χ1) is 11.7. The zero-order chi connectivity index (χ0) is 18.6. The predicted octanol–water partition coefficient (Wildman–Crippen LogP) is 4.56. The number of hydrogen-bond donors (Lipinski definition) is 1. The maximum absolute atomic E-state index is 12.8. The molecule has 134 valence electrons. The molecule has 1 amide bonds. The van der Waals surface area contributed by atoms with Crippen LogP contribution in [0, 0.1) is 0 Å². The van der Waals surface area contributed by atoms with Gasteiger partial charge in [0.05, 0.1) is 36.9 Å². The van der Waals surface area contributed by atoms with E-state index in [0.29, 0.717) is 17.1 Å². The number of amides is 1. The van der Waals surface area contributed by atoms with Crippen LogP contribution in [0.3, 0.4) is 0 Å². The molecule has 0 unspecified atom stereocenters. The minimum atomic E-state index is -4.53. The maximum atomic E-state index is 12.8. The average Bonchev–Trinajstić information content (AvgIpc) is 2.55. The fraction of sp³-hybridized carbons (Fsp3) is 0.235. The molecule has 0 radical (unpaired) electrons. The first kappa shape index (κ1) is 18.9. The normalized spacial score (nSPS) is 11.1. The number of rotatable bonds is 5. The van der Waals surface area contributed by atoms with Crippen molar-refractivity contribution in [3.63, 3.8) is 0 Å². The molecule has 0 atom stereocenters. The molecule has 0 aliphatic carbocycles. The molecule has 4 nitrogen and oxygen atoms in total. The van der Waals surface area contributed by atoms with E-state index in [1.165, 1.54) is 14.2 Å². The van der Waals surface area contributed by atoms with Crippen LogP contribution in [-0.4, -0.2) is 20.1 Å². The summed E-state index contributed by atoms with van der Waals surface area (Å²) in [6, 6.07) is 7.66. The third kappa shape index (κ3) is 4.79. The van der Waals surface area contributed by atoms with Crippen LogP contribution >= 0.6 is 11.6 Å². The number of carbonyl (C=O) groups is 1. The van der Waals surface area contributed by atoms with Crippen molar-refractivity contribution >= 4 is 23.2 Å². The Bertz CT molecular complexity index is 778. The van der Waals surface area contributed by atoms with Crippen molar-refractivity contribution < 1.29 is 27.4 Å². The van der Waals surface area contributed by atoms with Crippen molar-refractivity contribution in [3.8, 4) is 11.5 Å². The predicted molar refractivity (Wildman–Crippen MR) is 88.3 cm³/mol. The molecule has 0 aliphatic heterocycles. The number of ether oxygens (including phenoxy) is 2. The number of carbonyl (C=O) groups excluding carboxylic acids is 1. The first-order valence-electron chi connectivity index (χ1n) is 7.12. The molecule has 0 heterocycles. The summed E-state index contributed by atoms with van der Waals surface area (Å²) in [5.74, 6) is 0.458. The summed E-state index contributed by atoms with van der Waals surface area (Å²) >= 11 is 5.87. The van der Waals surface area contributed by atoms with Crippen LogP contribution in [0.15, 0.2) is 36.4 Å². The Morgan fingerprint density at radius 1 is 1.12 bits per heavy atom. The third-order valence-electron chi connectivity index (χ3n) is 3.41. The summed E-state index contributed by atoms with van der Waals surface area (Å²) in [6.45, 7) is 0. The molecule has 0 fully saturated rings.